The average molecular weight is 370 g/mol. The predicted octanol–water partition coefficient (Wildman–Crippen LogP) is 4.55. The van der Waals surface area contributed by atoms with Crippen molar-refractivity contribution in [3.8, 4) is 11.1 Å². The van der Waals surface area contributed by atoms with E-state index in [4.69, 9.17) is 11.6 Å². The average Bonchev–Trinajstić information content (AvgIpc) is 2.56. The summed E-state index contributed by atoms with van der Waals surface area (Å²) in [5, 5.41) is 12.4. The maximum Gasteiger partial charge on any atom is 0.341 e. The van der Waals surface area contributed by atoms with Gasteiger partial charge in [0.25, 0.3) is 0 Å². The third-order valence-corrected chi connectivity index (χ3v) is 3.96. The Morgan fingerprint density at radius 2 is 1.96 bits per heavy atom. The first-order valence-electron chi connectivity index (χ1n) is 7.60. The first kappa shape index (κ1) is 19.1. The number of halogens is 3. The Balaban J connectivity index is 2.25. The molecule has 0 saturated heterocycles. The molecule has 0 aliphatic carbocycles. The van der Waals surface area contributed by atoms with Crippen LogP contribution in [0, 0.1) is 11.6 Å². The van der Waals surface area contributed by atoms with Crippen LogP contribution < -0.4 is 5.32 Å². The number of carbonyl (C=O) groups is 1. The van der Waals surface area contributed by atoms with E-state index in [1.54, 1.807) is 19.9 Å². The molecule has 2 aromatic rings. The number of carbonyl (C=O) groups excluding carboxylic acids is 1. The molecule has 1 heterocycles. The van der Waals surface area contributed by atoms with Crippen LogP contribution in [0.5, 0.6) is 0 Å². The smallest absolute Gasteiger partial charge is 0.328 e. The van der Waals surface area contributed by atoms with Gasteiger partial charge in [0.2, 0.25) is 0 Å². The first-order valence-corrected chi connectivity index (χ1v) is 7.98. The van der Waals surface area contributed by atoms with Crippen LogP contribution >= 0.6 is 11.6 Å². The minimum Gasteiger partial charge on any atom is -0.328 e. The fourth-order valence-electron chi connectivity index (χ4n) is 2.20. The molecule has 1 aromatic carbocycles. The molecular weight excluding hydrogens is 352 g/mol. The van der Waals surface area contributed by atoms with Gasteiger partial charge in [-0.2, -0.15) is 0 Å². The van der Waals surface area contributed by atoms with Crippen LogP contribution in [0.1, 0.15) is 32.5 Å². The number of urea groups is 1. The Morgan fingerprint density at radius 1 is 1.28 bits per heavy atom. The lowest BCUT2D eigenvalue weighted by Crippen LogP contribution is -2.42. The number of hydrogen-bond donors (Lipinski definition) is 2. The standard InChI is InChI=1S/C17H18ClF2N3O2/c1-9(2)23(25)17(24)22-10(3)16-14(20)7-11(8-21-16)12-5-4-6-13(19)15(12)18/h4-10,25H,1-3H3,(H,22,24)/t10-/m1/s1. The van der Waals surface area contributed by atoms with Gasteiger partial charge in [0.15, 0.2) is 0 Å². The summed E-state index contributed by atoms with van der Waals surface area (Å²) in [6.07, 6.45) is 1.35. The van der Waals surface area contributed by atoms with Crippen molar-refractivity contribution < 1.29 is 18.8 Å². The number of hydrogen-bond acceptors (Lipinski definition) is 3. The lowest BCUT2D eigenvalue weighted by Gasteiger charge is -2.22. The van der Waals surface area contributed by atoms with E-state index in [1.807, 2.05) is 0 Å². The molecule has 0 fully saturated rings. The summed E-state index contributed by atoms with van der Waals surface area (Å²) >= 11 is 5.90. The van der Waals surface area contributed by atoms with E-state index in [2.05, 4.69) is 10.3 Å². The summed E-state index contributed by atoms with van der Waals surface area (Å²) in [6, 6.07) is 3.43. The number of pyridine rings is 1. The van der Waals surface area contributed by atoms with E-state index in [-0.39, 0.29) is 10.7 Å². The summed E-state index contributed by atoms with van der Waals surface area (Å²) in [4.78, 5) is 15.8. The lowest BCUT2D eigenvalue weighted by molar-refractivity contribution is -0.0685. The van der Waals surface area contributed by atoms with Crippen molar-refractivity contribution in [2.24, 2.45) is 0 Å². The fourth-order valence-corrected chi connectivity index (χ4v) is 2.43. The van der Waals surface area contributed by atoms with E-state index in [0.717, 1.165) is 0 Å². The number of rotatable bonds is 4. The SMILES string of the molecule is CC(C)N(O)C(=O)N[C@H](C)c1ncc(-c2cccc(F)c2Cl)cc1F. The van der Waals surface area contributed by atoms with E-state index < -0.39 is 29.7 Å². The van der Waals surface area contributed by atoms with E-state index in [1.165, 1.54) is 31.3 Å². The second-order valence-corrected chi connectivity index (χ2v) is 6.18. The van der Waals surface area contributed by atoms with Crippen molar-refractivity contribution in [3.63, 3.8) is 0 Å². The molecule has 1 atom stereocenters. The van der Waals surface area contributed by atoms with Crippen LogP contribution in [0.3, 0.4) is 0 Å². The molecular formula is C17H18ClF2N3O2. The molecule has 1 aromatic heterocycles. The number of aromatic nitrogens is 1. The molecule has 0 aliphatic rings. The summed E-state index contributed by atoms with van der Waals surface area (Å²) in [6.45, 7) is 4.79. The molecule has 8 heteroatoms. The predicted molar refractivity (Wildman–Crippen MR) is 90.3 cm³/mol. The molecule has 0 radical (unpaired) electrons. The maximum atomic E-state index is 14.4. The van der Waals surface area contributed by atoms with E-state index >= 15 is 0 Å². The second-order valence-electron chi connectivity index (χ2n) is 5.80. The monoisotopic (exact) mass is 369 g/mol. The van der Waals surface area contributed by atoms with Crippen LogP contribution in [-0.4, -0.2) is 27.3 Å². The molecule has 0 saturated carbocycles. The molecule has 0 spiro atoms. The summed E-state index contributed by atoms with van der Waals surface area (Å²) < 4.78 is 27.9. The van der Waals surface area contributed by atoms with Gasteiger partial charge in [-0.05, 0) is 32.9 Å². The normalized spacial score (nSPS) is 12.2. The van der Waals surface area contributed by atoms with Crippen molar-refractivity contribution in [2.45, 2.75) is 32.9 Å². The first-order chi connectivity index (χ1) is 11.7. The van der Waals surface area contributed by atoms with Crippen molar-refractivity contribution in [1.29, 1.82) is 0 Å². The molecule has 5 nitrogen and oxygen atoms in total. The molecule has 0 unspecified atom stereocenters. The minimum absolute atomic E-state index is 0.0122. The largest absolute Gasteiger partial charge is 0.341 e. The number of nitrogens with zero attached hydrogens (tertiary/aromatic N) is 2. The zero-order valence-electron chi connectivity index (χ0n) is 13.9. The number of nitrogens with one attached hydrogen (secondary N) is 1. The van der Waals surface area contributed by atoms with Gasteiger partial charge in [-0.1, -0.05) is 23.7 Å². The zero-order valence-corrected chi connectivity index (χ0v) is 14.7. The molecule has 134 valence electrons. The van der Waals surface area contributed by atoms with Crippen molar-refractivity contribution in [1.82, 2.24) is 15.4 Å². The zero-order chi connectivity index (χ0) is 18.7. The van der Waals surface area contributed by atoms with Crippen molar-refractivity contribution in [3.05, 3.63) is 52.8 Å². The Morgan fingerprint density at radius 3 is 2.56 bits per heavy atom. The molecule has 2 amide bonds. The second kappa shape index (κ2) is 7.76. The van der Waals surface area contributed by atoms with Gasteiger partial charge in [0, 0.05) is 17.3 Å². The Kier molecular flexibility index (Phi) is 5.92. The maximum absolute atomic E-state index is 14.4. The minimum atomic E-state index is -0.780. The number of hydroxylamine groups is 2. The van der Waals surface area contributed by atoms with Crippen molar-refractivity contribution in [2.75, 3.05) is 0 Å². The Bertz CT molecular complexity index is 786. The summed E-state index contributed by atoms with van der Waals surface area (Å²) in [7, 11) is 0. The number of amides is 2. The van der Waals surface area contributed by atoms with Crippen molar-refractivity contribution >= 4 is 17.6 Å². The summed E-state index contributed by atoms with van der Waals surface area (Å²) in [5.74, 6) is -1.29. The van der Waals surface area contributed by atoms with Crippen LogP contribution in [-0.2, 0) is 0 Å². The van der Waals surface area contributed by atoms with Gasteiger partial charge in [0.1, 0.15) is 11.6 Å². The third kappa shape index (κ3) is 4.24. The van der Waals surface area contributed by atoms with Crippen LogP contribution in [0.4, 0.5) is 13.6 Å². The van der Waals surface area contributed by atoms with Gasteiger partial charge < -0.3 is 5.32 Å². The summed E-state index contributed by atoms with van der Waals surface area (Å²) in [5.41, 5.74) is 0.620. The lowest BCUT2D eigenvalue weighted by atomic mass is 10.1. The highest BCUT2D eigenvalue weighted by Crippen LogP contribution is 2.30. The molecule has 0 bridgehead atoms. The molecule has 2 rings (SSSR count). The van der Waals surface area contributed by atoms with Crippen LogP contribution in [0.15, 0.2) is 30.5 Å². The highest BCUT2D eigenvalue weighted by molar-refractivity contribution is 6.33. The van der Waals surface area contributed by atoms with E-state index in [9.17, 15) is 18.8 Å². The Labute approximate surface area is 149 Å². The van der Waals surface area contributed by atoms with Crippen LogP contribution in [0.25, 0.3) is 11.1 Å². The molecule has 2 N–H and O–H groups in total. The van der Waals surface area contributed by atoms with Gasteiger partial charge in [-0.3, -0.25) is 10.2 Å². The third-order valence-electron chi connectivity index (χ3n) is 3.58. The topological polar surface area (TPSA) is 65.5 Å². The van der Waals surface area contributed by atoms with E-state index in [0.29, 0.717) is 16.2 Å². The quantitative estimate of drug-likeness (QED) is 0.613. The number of benzene rings is 1. The van der Waals surface area contributed by atoms with Gasteiger partial charge >= 0.3 is 6.03 Å². The molecule has 0 aliphatic heterocycles. The fraction of sp³-hybridized carbons (Fsp3) is 0.294. The molecule has 25 heavy (non-hydrogen) atoms. The van der Waals surface area contributed by atoms with Crippen LogP contribution in [0.2, 0.25) is 5.02 Å². The van der Waals surface area contributed by atoms with Gasteiger partial charge in [-0.25, -0.2) is 18.6 Å². The van der Waals surface area contributed by atoms with Gasteiger partial charge in [0.05, 0.1) is 22.8 Å². The highest BCUT2D eigenvalue weighted by Gasteiger charge is 2.21. The highest BCUT2D eigenvalue weighted by atomic mass is 35.5. The van der Waals surface area contributed by atoms with Gasteiger partial charge in [-0.15, -0.1) is 0 Å². The Hall–Kier alpha value is -2.25.